The van der Waals surface area contributed by atoms with Crippen LogP contribution in [0.25, 0.3) is 0 Å². The van der Waals surface area contributed by atoms with E-state index in [9.17, 15) is 14.7 Å². The zero-order valence-electron chi connectivity index (χ0n) is 12.5. The number of aliphatic hydroxyl groups excluding tert-OH is 1. The molecule has 0 saturated carbocycles. The first-order valence-corrected chi connectivity index (χ1v) is 6.63. The summed E-state index contributed by atoms with van der Waals surface area (Å²) in [5.41, 5.74) is 1.01. The maximum absolute atomic E-state index is 11.8. The lowest BCUT2D eigenvalue weighted by atomic mass is 9.94. The number of anilines is 1. The average Bonchev–Trinajstić information content (AvgIpc) is 2.56. The van der Waals surface area contributed by atoms with Crippen LogP contribution in [-0.2, 0) is 9.53 Å². The normalized spacial score (nSPS) is 16.9. The van der Waals surface area contributed by atoms with E-state index in [1.807, 2.05) is 6.92 Å². The lowest BCUT2D eigenvalue weighted by molar-refractivity contribution is -0.124. The minimum atomic E-state index is -1.16. The minimum absolute atomic E-state index is 0.00655. The Hall–Kier alpha value is -2.61. The monoisotopic (exact) mass is 307 g/mol. The summed E-state index contributed by atoms with van der Waals surface area (Å²) in [6.45, 7) is 2.41. The molecule has 1 unspecified atom stereocenters. The van der Waals surface area contributed by atoms with Crippen molar-refractivity contribution in [2.75, 3.05) is 26.1 Å². The number of pyridine rings is 1. The largest absolute Gasteiger partial charge is 0.492 e. The van der Waals surface area contributed by atoms with E-state index in [0.717, 1.165) is 0 Å². The van der Waals surface area contributed by atoms with E-state index in [1.54, 1.807) is 6.07 Å². The second kappa shape index (κ2) is 6.44. The summed E-state index contributed by atoms with van der Waals surface area (Å²) in [4.78, 5) is 27.4. The van der Waals surface area contributed by atoms with Gasteiger partial charge in [0.1, 0.15) is 5.70 Å². The van der Waals surface area contributed by atoms with Gasteiger partial charge in [-0.2, -0.15) is 0 Å². The van der Waals surface area contributed by atoms with Crippen LogP contribution in [0.4, 0.5) is 5.69 Å². The van der Waals surface area contributed by atoms with Gasteiger partial charge in [-0.3, -0.25) is 4.79 Å². The van der Waals surface area contributed by atoms with Crippen molar-refractivity contribution in [2.45, 2.75) is 13.0 Å². The Balaban J connectivity index is 2.38. The van der Waals surface area contributed by atoms with E-state index in [2.05, 4.69) is 20.4 Å². The van der Waals surface area contributed by atoms with Crippen LogP contribution in [0.15, 0.2) is 23.7 Å². The molecule has 8 nitrogen and oxygen atoms in total. The molecule has 2 rings (SSSR count). The molecule has 0 saturated heterocycles. The number of aliphatic hydroxyl groups is 1. The molecule has 118 valence electrons. The van der Waals surface area contributed by atoms with Crippen molar-refractivity contribution in [2.24, 2.45) is 0 Å². The van der Waals surface area contributed by atoms with Crippen LogP contribution < -0.4 is 15.4 Å². The van der Waals surface area contributed by atoms with E-state index in [0.29, 0.717) is 17.9 Å². The van der Waals surface area contributed by atoms with Crippen LogP contribution >= 0.6 is 0 Å². The molecule has 1 heterocycles. The topological polar surface area (TPSA) is 110 Å². The molecular weight excluding hydrogens is 290 g/mol. The third kappa shape index (κ3) is 2.60. The number of ketones is 1. The standard InChI is InChI=1S/C14H17N3O5/c1-4-15-8-9(12(19)11(8)18)17-7-5-6-16-10(13(7)21-2)14(20)22-3/h5-6,11,15,18H,4H2,1-3H3,(H,16,17). The summed E-state index contributed by atoms with van der Waals surface area (Å²) in [6, 6.07) is 1.56. The predicted octanol–water partition coefficient (Wildman–Crippen LogP) is 0.0534. The quantitative estimate of drug-likeness (QED) is 0.633. The van der Waals surface area contributed by atoms with Crippen LogP contribution in [0.3, 0.4) is 0 Å². The summed E-state index contributed by atoms with van der Waals surface area (Å²) < 4.78 is 9.82. The number of nitrogens with zero attached hydrogens (tertiary/aromatic N) is 1. The Labute approximate surface area is 127 Å². The lowest BCUT2D eigenvalue weighted by Gasteiger charge is -2.29. The number of Topliss-reactive ketones (excluding diaryl/α,β-unsaturated/α-hetero) is 1. The summed E-state index contributed by atoms with van der Waals surface area (Å²) in [6.07, 6.45) is 0.236. The Kier molecular flexibility index (Phi) is 4.62. The molecule has 0 aromatic carbocycles. The van der Waals surface area contributed by atoms with Gasteiger partial charge in [0.25, 0.3) is 0 Å². The molecule has 8 heteroatoms. The van der Waals surface area contributed by atoms with Gasteiger partial charge in [0.05, 0.1) is 25.6 Å². The van der Waals surface area contributed by atoms with E-state index in [-0.39, 0.29) is 17.1 Å². The lowest BCUT2D eigenvalue weighted by Crippen LogP contribution is -2.45. The highest BCUT2D eigenvalue weighted by molar-refractivity contribution is 6.11. The van der Waals surface area contributed by atoms with Gasteiger partial charge in [0, 0.05) is 12.7 Å². The minimum Gasteiger partial charge on any atom is -0.492 e. The number of hydrogen-bond donors (Lipinski definition) is 3. The van der Waals surface area contributed by atoms with Crippen molar-refractivity contribution in [1.29, 1.82) is 0 Å². The number of aromatic nitrogens is 1. The third-order valence-corrected chi connectivity index (χ3v) is 3.15. The van der Waals surface area contributed by atoms with Crippen molar-refractivity contribution >= 4 is 17.4 Å². The van der Waals surface area contributed by atoms with Crippen molar-refractivity contribution in [3.63, 3.8) is 0 Å². The first-order valence-electron chi connectivity index (χ1n) is 6.63. The van der Waals surface area contributed by atoms with Crippen molar-refractivity contribution in [1.82, 2.24) is 10.3 Å². The average molecular weight is 307 g/mol. The van der Waals surface area contributed by atoms with Crippen LogP contribution in [0.1, 0.15) is 17.4 Å². The van der Waals surface area contributed by atoms with E-state index < -0.39 is 17.9 Å². The molecule has 0 bridgehead atoms. The highest BCUT2D eigenvalue weighted by Crippen LogP contribution is 2.32. The molecule has 0 amide bonds. The van der Waals surface area contributed by atoms with Gasteiger partial charge in [-0.1, -0.05) is 0 Å². The van der Waals surface area contributed by atoms with E-state index >= 15 is 0 Å². The van der Waals surface area contributed by atoms with Gasteiger partial charge < -0.3 is 25.2 Å². The van der Waals surface area contributed by atoms with Gasteiger partial charge in [0.2, 0.25) is 5.78 Å². The molecule has 0 aliphatic heterocycles. The summed E-state index contributed by atoms with van der Waals surface area (Å²) >= 11 is 0. The summed E-state index contributed by atoms with van der Waals surface area (Å²) in [5, 5.41) is 15.4. The smallest absolute Gasteiger partial charge is 0.360 e. The molecule has 1 aliphatic carbocycles. The number of carbonyl (C=O) groups excluding carboxylic acids is 2. The van der Waals surface area contributed by atoms with Gasteiger partial charge >= 0.3 is 5.97 Å². The van der Waals surface area contributed by atoms with Crippen molar-refractivity contribution < 1.29 is 24.2 Å². The SMILES string of the molecule is CCNC1=C(Nc2ccnc(C(=O)OC)c2OC)C(=O)C1O. The van der Waals surface area contributed by atoms with Crippen LogP contribution in [0.2, 0.25) is 0 Å². The number of esters is 1. The van der Waals surface area contributed by atoms with Crippen LogP contribution in [-0.4, -0.2) is 48.7 Å². The molecule has 1 atom stereocenters. The van der Waals surface area contributed by atoms with Gasteiger partial charge in [-0.25, -0.2) is 9.78 Å². The number of likely N-dealkylation sites (N-methyl/N-ethyl adjacent to an activating group) is 1. The number of hydrogen-bond acceptors (Lipinski definition) is 8. The molecule has 0 radical (unpaired) electrons. The maximum atomic E-state index is 11.8. The van der Waals surface area contributed by atoms with E-state index in [1.165, 1.54) is 20.4 Å². The number of ether oxygens (including phenoxy) is 2. The second-order valence-electron chi connectivity index (χ2n) is 4.44. The molecule has 3 N–H and O–H groups in total. The van der Waals surface area contributed by atoms with Gasteiger partial charge in [-0.05, 0) is 13.0 Å². The van der Waals surface area contributed by atoms with Crippen molar-refractivity contribution in [3.8, 4) is 5.75 Å². The molecule has 0 fully saturated rings. The Morgan fingerprint density at radius 3 is 2.77 bits per heavy atom. The molecule has 1 aliphatic rings. The molecule has 22 heavy (non-hydrogen) atoms. The van der Waals surface area contributed by atoms with Crippen molar-refractivity contribution in [3.05, 3.63) is 29.4 Å². The molecule has 0 spiro atoms. The zero-order chi connectivity index (χ0) is 16.3. The molecule has 1 aromatic rings. The Bertz CT molecular complexity index is 641. The fourth-order valence-corrected chi connectivity index (χ4v) is 2.09. The van der Waals surface area contributed by atoms with Crippen LogP contribution in [0.5, 0.6) is 5.75 Å². The highest BCUT2D eigenvalue weighted by atomic mass is 16.5. The first-order chi connectivity index (χ1) is 10.5. The second-order valence-corrected chi connectivity index (χ2v) is 4.44. The Morgan fingerprint density at radius 2 is 2.18 bits per heavy atom. The number of nitrogens with one attached hydrogen (secondary N) is 2. The predicted molar refractivity (Wildman–Crippen MR) is 77.5 cm³/mol. The Morgan fingerprint density at radius 1 is 1.45 bits per heavy atom. The summed E-state index contributed by atoms with van der Waals surface area (Å²) in [5.74, 6) is -0.928. The number of carbonyl (C=O) groups is 2. The van der Waals surface area contributed by atoms with Crippen LogP contribution in [0, 0.1) is 0 Å². The maximum Gasteiger partial charge on any atom is 0.360 e. The molecular formula is C14H17N3O5. The van der Waals surface area contributed by atoms with E-state index in [4.69, 9.17) is 4.74 Å². The first kappa shape index (κ1) is 15.8. The fourth-order valence-electron chi connectivity index (χ4n) is 2.09. The van der Waals surface area contributed by atoms with Gasteiger partial charge in [-0.15, -0.1) is 0 Å². The number of rotatable bonds is 6. The summed E-state index contributed by atoms with van der Waals surface area (Å²) in [7, 11) is 2.62. The highest BCUT2D eigenvalue weighted by Gasteiger charge is 2.38. The fraction of sp³-hybridized carbons (Fsp3) is 0.357. The number of methoxy groups -OCH3 is 2. The third-order valence-electron chi connectivity index (χ3n) is 3.15. The van der Waals surface area contributed by atoms with Gasteiger partial charge in [0.15, 0.2) is 17.5 Å². The molecule has 1 aromatic heterocycles. The zero-order valence-corrected chi connectivity index (χ0v) is 12.5.